The lowest BCUT2D eigenvalue weighted by Gasteiger charge is -2.26. The van der Waals surface area contributed by atoms with Crippen LogP contribution in [0.3, 0.4) is 0 Å². The fourth-order valence-electron chi connectivity index (χ4n) is 5.75. The van der Waals surface area contributed by atoms with Crippen LogP contribution < -0.4 is 10.6 Å². The van der Waals surface area contributed by atoms with Crippen molar-refractivity contribution < 1.29 is 4.52 Å². The summed E-state index contributed by atoms with van der Waals surface area (Å²) in [7, 11) is 0. The van der Waals surface area contributed by atoms with E-state index in [4.69, 9.17) is 20.2 Å². The van der Waals surface area contributed by atoms with Crippen LogP contribution in [0.25, 0.3) is 32.6 Å². The number of aromatic amines is 1. The third-order valence-electron chi connectivity index (χ3n) is 7.45. The highest BCUT2D eigenvalue weighted by molar-refractivity contribution is 7.17. The molecule has 0 spiro atoms. The van der Waals surface area contributed by atoms with Gasteiger partial charge in [-0.1, -0.05) is 5.16 Å². The zero-order valence-electron chi connectivity index (χ0n) is 18.0. The molecule has 9 nitrogen and oxygen atoms in total. The Morgan fingerprint density at radius 2 is 2.24 bits per heavy atom. The largest absolute Gasteiger partial charge is 0.361 e. The van der Waals surface area contributed by atoms with Gasteiger partial charge in [-0.05, 0) is 42.7 Å². The number of hydrogen-bond acceptors (Lipinski definition) is 9. The number of pyridine rings is 1. The van der Waals surface area contributed by atoms with Crippen LogP contribution in [0.15, 0.2) is 40.5 Å². The van der Waals surface area contributed by atoms with Crippen molar-refractivity contribution in [3.63, 3.8) is 0 Å². The molecule has 7 rings (SSSR count). The molecule has 0 aromatic carbocycles. The number of aromatic nitrogens is 6. The lowest BCUT2D eigenvalue weighted by Crippen LogP contribution is -2.32. The Labute approximate surface area is 193 Å². The molecule has 5 aromatic rings. The molecule has 166 valence electrons. The van der Waals surface area contributed by atoms with Gasteiger partial charge in [0.15, 0.2) is 5.65 Å². The molecular formula is C23H22N8OS. The second-order valence-corrected chi connectivity index (χ2v) is 9.92. The van der Waals surface area contributed by atoms with Gasteiger partial charge in [0.05, 0.1) is 22.1 Å². The molecule has 10 heteroatoms. The van der Waals surface area contributed by atoms with E-state index in [-0.39, 0.29) is 5.41 Å². The SMILES string of the molecule is Cc1cc(C2(CN)C3CCN(c4cnc5c(-c6ccnc7ccsc67)n[nH]c5n4)CC32)no1. The number of H-pyrrole nitrogens is 1. The summed E-state index contributed by atoms with van der Waals surface area (Å²) in [6, 6.07) is 6.04. The zero-order valence-corrected chi connectivity index (χ0v) is 18.8. The van der Waals surface area contributed by atoms with Crippen LogP contribution in [0.5, 0.6) is 0 Å². The molecule has 3 atom stereocenters. The minimum atomic E-state index is -0.0847. The van der Waals surface area contributed by atoms with Gasteiger partial charge in [0.25, 0.3) is 0 Å². The number of aryl methyl sites for hydroxylation is 1. The van der Waals surface area contributed by atoms with Crippen LogP contribution in [0, 0.1) is 18.8 Å². The van der Waals surface area contributed by atoms with Gasteiger partial charge < -0.3 is 15.2 Å². The number of fused-ring (bicyclic) bond motifs is 3. The van der Waals surface area contributed by atoms with Gasteiger partial charge in [0.1, 0.15) is 22.8 Å². The molecule has 5 aromatic heterocycles. The highest BCUT2D eigenvalue weighted by Crippen LogP contribution is 2.62. The van der Waals surface area contributed by atoms with Crippen LogP contribution in [-0.4, -0.2) is 49.9 Å². The Morgan fingerprint density at radius 3 is 3.09 bits per heavy atom. The molecular weight excluding hydrogens is 436 g/mol. The average Bonchev–Trinajstić information content (AvgIpc) is 3.31. The first-order chi connectivity index (χ1) is 16.2. The van der Waals surface area contributed by atoms with E-state index in [1.165, 1.54) is 0 Å². The highest BCUT2D eigenvalue weighted by atomic mass is 32.1. The van der Waals surface area contributed by atoms with Crippen LogP contribution in [-0.2, 0) is 5.41 Å². The van der Waals surface area contributed by atoms with Crippen molar-refractivity contribution in [2.75, 3.05) is 24.5 Å². The van der Waals surface area contributed by atoms with E-state index in [2.05, 4.69) is 25.2 Å². The topological polar surface area (TPSA) is 123 Å². The third-order valence-corrected chi connectivity index (χ3v) is 8.39. The fraction of sp³-hybridized carbons (Fsp3) is 0.348. The minimum absolute atomic E-state index is 0.0847. The molecule has 2 aliphatic rings. The normalized spacial score (nSPS) is 24.5. The summed E-state index contributed by atoms with van der Waals surface area (Å²) < 4.78 is 6.47. The number of hydrogen-bond donors (Lipinski definition) is 2. The van der Waals surface area contributed by atoms with Crippen LogP contribution in [0.1, 0.15) is 17.9 Å². The van der Waals surface area contributed by atoms with Crippen molar-refractivity contribution in [1.29, 1.82) is 0 Å². The fourth-order valence-corrected chi connectivity index (χ4v) is 6.62. The van der Waals surface area contributed by atoms with Gasteiger partial charge in [-0.25, -0.2) is 9.97 Å². The van der Waals surface area contributed by atoms with Gasteiger partial charge in [0, 0.05) is 42.9 Å². The maximum atomic E-state index is 6.27. The van der Waals surface area contributed by atoms with Crippen molar-refractivity contribution in [3.8, 4) is 11.3 Å². The first kappa shape index (κ1) is 19.1. The van der Waals surface area contributed by atoms with E-state index < -0.39 is 0 Å². The number of piperidine rings is 1. The summed E-state index contributed by atoms with van der Waals surface area (Å²) in [5, 5.41) is 14.0. The molecule has 3 N–H and O–H groups in total. The second-order valence-electron chi connectivity index (χ2n) is 9.01. The number of nitrogens with two attached hydrogens (primary N) is 1. The van der Waals surface area contributed by atoms with Gasteiger partial charge in [0.2, 0.25) is 0 Å². The number of nitrogens with one attached hydrogen (secondary N) is 1. The van der Waals surface area contributed by atoms with Crippen molar-refractivity contribution in [1.82, 2.24) is 30.3 Å². The van der Waals surface area contributed by atoms with E-state index >= 15 is 0 Å². The number of thiophene rings is 1. The predicted octanol–water partition coefficient (Wildman–Crippen LogP) is 3.28. The molecule has 1 aliphatic heterocycles. The Balaban J connectivity index is 1.20. The second kappa shape index (κ2) is 6.82. The molecule has 0 bridgehead atoms. The Morgan fingerprint density at radius 1 is 1.30 bits per heavy atom. The summed E-state index contributed by atoms with van der Waals surface area (Å²) in [6.07, 6.45) is 4.73. The first-order valence-electron chi connectivity index (χ1n) is 11.1. The lowest BCUT2D eigenvalue weighted by atomic mass is 9.97. The molecule has 1 aliphatic carbocycles. The first-order valence-corrected chi connectivity index (χ1v) is 12.0. The summed E-state index contributed by atoms with van der Waals surface area (Å²) in [5.74, 6) is 2.68. The Kier molecular flexibility index (Phi) is 3.95. The van der Waals surface area contributed by atoms with Crippen LogP contribution in [0.2, 0.25) is 0 Å². The number of anilines is 1. The van der Waals surface area contributed by atoms with Crippen molar-refractivity contribution in [2.24, 2.45) is 17.6 Å². The third kappa shape index (κ3) is 2.64. The molecule has 1 saturated carbocycles. The summed E-state index contributed by atoms with van der Waals surface area (Å²) in [5.41, 5.74) is 11.5. The van der Waals surface area contributed by atoms with E-state index in [0.717, 1.165) is 63.8 Å². The summed E-state index contributed by atoms with van der Waals surface area (Å²) >= 11 is 1.66. The number of rotatable bonds is 4. The molecule has 6 heterocycles. The predicted molar refractivity (Wildman–Crippen MR) is 126 cm³/mol. The smallest absolute Gasteiger partial charge is 0.177 e. The summed E-state index contributed by atoms with van der Waals surface area (Å²) in [4.78, 5) is 16.4. The molecule has 0 amide bonds. The van der Waals surface area contributed by atoms with E-state index in [1.54, 1.807) is 11.3 Å². The lowest BCUT2D eigenvalue weighted by molar-refractivity contribution is 0.379. The maximum Gasteiger partial charge on any atom is 0.177 e. The Hall–Kier alpha value is -3.37. The molecule has 2 fully saturated rings. The summed E-state index contributed by atoms with van der Waals surface area (Å²) in [6.45, 7) is 4.31. The molecule has 1 saturated heterocycles. The molecule has 33 heavy (non-hydrogen) atoms. The zero-order chi connectivity index (χ0) is 22.2. The van der Waals surface area contributed by atoms with E-state index in [9.17, 15) is 0 Å². The monoisotopic (exact) mass is 458 g/mol. The maximum absolute atomic E-state index is 6.27. The number of nitrogens with zero attached hydrogens (tertiary/aromatic N) is 6. The standard InChI is InChI=1S/C23H22N8OS/c1-12-8-17(30-32-12)23(11-24)14-3-6-31(10-15(14)23)18-9-26-20-19(28-29-22(20)27-18)13-2-5-25-16-4-7-33-21(13)16/h2,4-5,7-9,14-15H,3,6,10-11,24H2,1H3,(H,27,28,29). The van der Waals surface area contributed by atoms with E-state index in [1.807, 2.05) is 42.9 Å². The molecule has 3 unspecified atom stereocenters. The van der Waals surface area contributed by atoms with Crippen molar-refractivity contribution in [2.45, 2.75) is 18.8 Å². The quantitative estimate of drug-likeness (QED) is 0.421. The average molecular weight is 459 g/mol. The van der Waals surface area contributed by atoms with Crippen LogP contribution >= 0.6 is 11.3 Å². The van der Waals surface area contributed by atoms with E-state index in [0.29, 0.717) is 24.0 Å². The van der Waals surface area contributed by atoms with Gasteiger partial charge in [-0.15, -0.1) is 11.3 Å². The van der Waals surface area contributed by atoms with Crippen molar-refractivity contribution in [3.05, 3.63) is 47.4 Å². The van der Waals surface area contributed by atoms with Gasteiger partial charge in [-0.3, -0.25) is 10.1 Å². The van der Waals surface area contributed by atoms with Crippen molar-refractivity contribution >= 4 is 38.5 Å². The highest BCUT2D eigenvalue weighted by Gasteiger charge is 2.67. The molecule has 0 radical (unpaired) electrons. The van der Waals surface area contributed by atoms with Gasteiger partial charge >= 0.3 is 0 Å². The Bertz CT molecular complexity index is 1500. The van der Waals surface area contributed by atoms with Gasteiger partial charge in [-0.2, -0.15) is 5.10 Å². The minimum Gasteiger partial charge on any atom is -0.361 e. The van der Waals surface area contributed by atoms with Crippen LogP contribution in [0.4, 0.5) is 5.82 Å².